The smallest absolute Gasteiger partial charge is 0.387 e. The molecule has 142 valence electrons. The summed E-state index contributed by atoms with van der Waals surface area (Å²) >= 11 is 1.59. The van der Waals surface area contributed by atoms with Crippen LogP contribution in [-0.2, 0) is 13.0 Å². The second kappa shape index (κ2) is 10.0. The number of nitrogens with one attached hydrogen (secondary N) is 2. The van der Waals surface area contributed by atoms with Gasteiger partial charge in [-0.15, -0.1) is 11.3 Å². The van der Waals surface area contributed by atoms with Crippen LogP contribution in [0, 0.1) is 12.7 Å². The number of hydrogen-bond acceptors (Lipinski definition) is 4. The fraction of sp³-hybridized carbons (Fsp3) is 0.412. The van der Waals surface area contributed by atoms with Gasteiger partial charge < -0.3 is 15.4 Å². The first-order valence-corrected chi connectivity index (χ1v) is 9.03. The van der Waals surface area contributed by atoms with E-state index in [1.807, 2.05) is 19.2 Å². The van der Waals surface area contributed by atoms with Crippen LogP contribution in [0.3, 0.4) is 0 Å². The van der Waals surface area contributed by atoms with Gasteiger partial charge in [-0.25, -0.2) is 14.4 Å². The molecule has 1 heterocycles. The van der Waals surface area contributed by atoms with E-state index in [1.165, 1.54) is 18.2 Å². The fourth-order valence-corrected chi connectivity index (χ4v) is 2.88. The Kier molecular flexibility index (Phi) is 7.71. The molecule has 0 unspecified atom stereocenters. The van der Waals surface area contributed by atoms with Crippen molar-refractivity contribution < 1.29 is 17.9 Å². The third-order valence-corrected chi connectivity index (χ3v) is 4.19. The second-order valence-corrected chi connectivity index (χ2v) is 6.39. The molecule has 0 saturated heterocycles. The number of ether oxygens (including phenoxy) is 1. The Balaban J connectivity index is 2.01. The highest BCUT2D eigenvalue weighted by Gasteiger charge is 2.13. The molecule has 0 aliphatic carbocycles. The predicted molar refractivity (Wildman–Crippen MR) is 96.4 cm³/mol. The van der Waals surface area contributed by atoms with Crippen molar-refractivity contribution in [3.8, 4) is 5.75 Å². The highest BCUT2D eigenvalue weighted by molar-refractivity contribution is 7.09. The lowest BCUT2D eigenvalue weighted by Gasteiger charge is -2.13. The third kappa shape index (κ3) is 6.21. The Morgan fingerprint density at radius 1 is 1.35 bits per heavy atom. The minimum absolute atomic E-state index is 0.0138. The molecule has 1 aromatic heterocycles. The zero-order valence-corrected chi connectivity index (χ0v) is 15.4. The van der Waals surface area contributed by atoms with Gasteiger partial charge in [0, 0.05) is 24.9 Å². The van der Waals surface area contributed by atoms with Crippen LogP contribution in [-0.4, -0.2) is 30.6 Å². The molecule has 26 heavy (non-hydrogen) atoms. The third-order valence-electron chi connectivity index (χ3n) is 3.37. The van der Waals surface area contributed by atoms with Gasteiger partial charge in [-0.05, 0) is 26.0 Å². The Morgan fingerprint density at radius 3 is 2.81 bits per heavy atom. The molecule has 0 aliphatic heterocycles. The lowest BCUT2D eigenvalue weighted by Crippen LogP contribution is -2.38. The molecule has 5 nitrogen and oxygen atoms in total. The van der Waals surface area contributed by atoms with Crippen LogP contribution in [0.5, 0.6) is 5.75 Å². The second-order valence-electron chi connectivity index (χ2n) is 5.32. The monoisotopic (exact) mass is 386 g/mol. The number of benzene rings is 1. The summed E-state index contributed by atoms with van der Waals surface area (Å²) in [5.74, 6) is -0.385. The summed E-state index contributed by atoms with van der Waals surface area (Å²) in [6.45, 7) is 1.90. The maximum Gasteiger partial charge on any atom is 0.387 e. The quantitative estimate of drug-likeness (QED) is 0.539. The molecule has 0 amide bonds. The van der Waals surface area contributed by atoms with E-state index in [0.717, 1.165) is 10.7 Å². The summed E-state index contributed by atoms with van der Waals surface area (Å²) in [6.07, 6.45) is 0.716. The van der Waals surface area contributed by atoms with E-state index in [2.05, 4.69) is 25.3 Å². The van der Waals surface area contributed by atoms with Crippen molar-refractivity contribution in [1.82, 2.24) is 15.6 Å². The van der Waals surface area contributed by atoms with Crippen molar-refractivity contribution in [2.75, 3.05) is 13.1 Å². The molecule has 2 N–H and O–H groups in total. The Labute approximate surface area is 154 Å². The molecule has 0 bridgehead atoms. The Bertz CT molecular complexity index is 737. The van der Waals surface area contributed by atoms with Crippen LogP contribution in [0.4, 0.5) is 13.2 Å². The molecule has 0 saturated carbocycles. The van der Waals surface area contributed by atoms with Crippen LogP contribution < -0.4 is 15.4 Å². The van der Waals surface area contributed by atoms with Gasteiger partial charge >= 0.3 is 6.61 Å². The number of thiazole rings is 1. The first kappa shape index (κ1) is 20.0. The number of hydrogen-bond donors (Lipinski definition) is 2. The van der Waals surface area contributed by atoms with Crippen molar-refractivity contribution in [2.24, 2.45) is 4.99 Å². The maximum atomic E-state index is 14.0. The summed E-state index contributed by atoms with van der Waals surface area (Å²) in [4.78, 5) is 8.64. The SMILES string of the molecule is CCNC(=NCc1c(F)cccc1OC(F)F)NCCc1csc(C)n1. The van der Waals surface area contributed by atoms with E-state index in [1.54, 1.807) is 11.3 Å². The van der Waals surface area contributed by atoms with Crippen LogP contribution in [0.25, 0.3) is 0 Å². The summed E-state index contributed by atoms with van der Waals surface area (Å²) in [5.41, 5.74) is 0.970. The van der Waals surface area contributed by atoms with Gasteiger partial charge in [0.1, 0.15) is 11.6 Å². The van der Waals surface area contributed by atoms with E-state index in [0.29, 0.717) is 25.5 Å². The van der Waals surface area contributed by atoms with Crippen LogP contribution >= 0.6 is 11.3 Å². The summed E-state index contributed by atoms with van der Waals surface area (Å²) in [7, 11) is 0. The molecule has 0 radical (unpaired) electrons. The highest BCUT2D eigenvalue weighted by Crippen LogP contribution is 2.24. The number of rotatable bonds is 8. The largest absolute Gasteiger partial charge is 0.434 e. The molecular formula is C17H21F3N4OS. The standard InChI is InChI=1S/C17H21F3N4OS/c1-3-21-17(22-8-7-12-10-26-11(2)24-12)23-9-13-14(18)5-4-6-15(13)25-16(19)20/h4-6,10,16H,3,7-9H2,1-2H3,(H2,21,22,23). The topological polar surface area (TPSA) is 58.5 Å². The van der Waals surface area contributed by atoms with E-state index in [-0.39, 0.29) is 17.9 Å². The van der Waals surface area contributed by atoms with Crippen molar-refractivity contribution in [3.63, 3.8) is 0 Å². The number of aryl methyl sites for hydroxylation is 1. The van der Waals surface area contributed by atoms with Gasteiger partial charge in [0.2, 0.25) is 0 Å². The predicted octanol–water partition coefficient (Wildman–Crippen LogP) is 3.49. The molecule has 2 aromatic rings. The zero-order chi connectivity index (χ0) is 18.9. The Morgan fingerprint density at radius 2 is 2.15 bits per heavy atom. The van der Waals surface area contributed by atoms with Crippen molar-refractivity contribution >= 4 is 17.3 Å². The molecule has 0 fully saturated rings. The van der Waals surface area contributed by atoms with Gasteiger partial charge in [0.25, 0.3) is 0 Å². The van der Waals surface area contributed by atoms with Gasteiger partial charge in [0.15, 0.2) is 5.96 Å². The van der Waals surface area contributed by atoms with E-state index >= 15 is 0 Å². The minimum atomic E-state index is -3.02. The van der Waals surface area contributed by atoms with E-state index in [9.17, 15) is 13.2 Å². The summed E-state index contributed by atoms with van der Waals surface area (Å²) < 4.78 is 43.3. The first-order valence-electron chi connectivity index (χ1n) is 8.15. The summed E-state index contributed by atoms with van der Waals surface area (Å²) in [5, 5.41) is 9.15. The lowest BCUT2D eigenvalue weighted by molar-refractivity contribution is -0.0506. The van der Waals surface area contributed by atoms with Crippen LogP contribution in [0.2, 0.25) is 0 Å². The average Bonchev–Trinajstić information content (AvgIpc) is 2.99. The molecule has 1 aromatic carbocycles. The lowest BCUT2D eigenvalue weighted by atomic mass is 10.2. The van der Waals surface area contributed by atoms with Gasteiger partial charge in [-0.2, -0.15) is 8.78 Å². The number of aromatic nitrogens is 1. The summed E-state index contributed by atoms with van der Waals surface area (Å²) in [6, 6.07) is 3.80. The molecule has 2 rings (SSSR count). The normalized spacial score (nSPS) is 11.7. The zero-order valence-electron chi connectivity index (χ0n) is 14.6. The number of nitrogens with zero attached hydrogens (tertiary/aromatic N) is 2. The van der Waals surface area contributed by atoms with Crippen molar-refractivity contribution in [1.29, 1.82) is 0 Å². The molecule has 0 spiro atoms. The fourth-order valence-electron chi connectivity index (χ4n) is 2.23. The minimum Gasteiger partial charge on any atom is -0.434 e. The molecular weight excluding hydrogens is 365 g/mol. The van der Waals surface area contributed by atoms with Gasteiger partial charge in [-0.1, -0.05) is 6.07 Å². The van der Waals surface area contributed by atoms with Gasteiger partial charge in [0.05, 0.1) is 22.8 Å². The van der Waals surface area contributed by atoms with E-state index < -0.39 is 12.4 Å². The number of guanidine groups is 1. The van der Waals surface area contributed by atoms with Crippen LogP contribution in [0.1, 0.15) is 23.2 Å². The van der Waals surface area contributed by atoms with Crippen LogP contribution in [0.15, 0.2) is 28.6 Å². The maximum absolute atomic E-state index is 14.0. The molecule has 9 heteroatoms. The highest BCUT2D eigenvalue weighted by atomic mass is 32.1. The van der Waals surface area contributed by atoms with E-state index in [4.69, 9.17) is 0 Å². The number of aliphatic imine (C=N–C) groups is 1. The first-order chi connectivity index (χ1) is 12.5. The molecule has 0 atom stereocenters. The Hall–Kier alpha value is -2.29. The molecule has 0 aliphatic rings. The average molecular weight is 386 g/mol. The van der Waals surface area contributed by atoms with Gasteiger partial charge in [-0.3, -0.25) is 0 Å². The van der Waals surface area contributed by atoms with Crippen molar-refractivity contribution in [2.45, 2.75) is 33.4 Å². The number of halogens is 3. The number of alkyl halides is 2. The van der Waals surface area contributed by atoms with Crippen molar-refractivity contribution in [3.05, 3.63) is 45.7 Å².